The summed E-state index contributed by atoms with van der Waals surface area (Å²) >= 11 is 0. The molecule has 1 fully saturated rings. The first-order valence-corrected chi connectivity index (χ1v) is 10.6. The van der Waals surface area contributed by atoms with Gasteiger partial charge in [0.2, 0.25) is 10.0 Å². The van der Waals surface area contributed by atoms with Crippen molar-refractivity contribution in [2.45, 2.75) is 24.7 Å². The fourth-order valence-electron chi connectivity index (χ4n) is 3.05. The molecule has 3 rings (SSSR count). The molecule has 1 aliphatic rings. The number of nitro benzene ring substituents is 1. The van der Waals surface area contributed by atoms with E-state index in [-0.39, 0.29) is 16.3 Å². The zero-order valence-electron chi connectivity index (χ0n) is 16.0. The Labute approximate surface area is 169 Å². The van der Waals surface area contributed by atoms with Gasteiger partial charge in [0.05, 0.1) is 16.0 Å². The van der Waals surface area contributed by atoms with E-state index in [1.807, 2.05) is 43.3 Å². The van der Waals surface area contributed by atoms with Crippen molar-refractivity contribution in [2.24, 2.45) is 5.10 Å². The van der Waals surface area contributed by atoms with Crippen LogP contribution in [-0.2, 0) is 10.0 Å². The Hall–Kier alpha value is -3.04. The van der Waals surface area contributed by atoms with Gasteiger partial charge in [-0.3, -0.25) is 15.5 Å². The summed E-state index contributed by atoms with van der Waals surface area (Å²) in [7, 11) is -3.73. The summed E-state index contributed by atoms with van der Waals surface area (Å²) < 4.78 is 26.6. The van der Waals surface area contributed by atoms with Crippen molar-refractivity contribution >= 4 is 33.7 Å². The molecule has 152 valence electrons. The minimum Gasteiger partial charge on any atom is -0.272 e. The van der Waals surface area contributed by atoms with E-state index in [1.54, 1.807) is 6.21 Å². The zero-order chi connectivity index (χ0) is 20.9. The summed E-state index contributed by atoms with van der Waals surface area (Å²) in [6.07, 6.45) is 5.06. The van der Waals surface area contributed by atoms with E-state index in [0.29, 0.717) is 13.1 Å². The van der Waals surface area contributed by atoms with Gasteiger partial charge in [0.15, 0.2) is 0 Å². The fraction of sp³-hybridized carbons (Fsp3) is 0.250. The van der Waals surface area contributed by atoms with Gasteiger partial charge in [-0.05, 0) is 43.0 Å². The summed E-state index contributed by atoms with van der Waals surface area (Å²) in [5.74, 6) is 0. The first-order valence-electron chi connectivity index (χ1n) is 9.19. The van der Waals surface area contributed by atoms with Gasteiger partial charge in [-0.1, -0.05) is 36.4 Å². The molecule has 1 saturated heterocycles. The molecule has 0 saturated carbocycles. The van der Waals surface area contributed by atoms with Crippen molar-refractivity contribution < 1.29 is 13.3 Å². The molecule has 1 aliphatic heterocycles. The number of nitrogens with zero attached hydrogens (tertiary/aromatic N) is 3. The van der Waals surface area contributed by atoms with Crippen LogP contribution in [0.2, 0.25) is 0 Å². The lowest BCUT2D eigenvalue weighted by atomic mass is 10.1. The van der Waals surface area contributed by atoms with Gasteiger partial charge in [-0.15, -0.1) is 0 Å². The predicted octanol–water partition coefficient (Wildman–Crippen LogP) is 3.88. The molecule has 8 nitrogen and oxygen atoms in total. The summed E-state index contributed by atoms with van der Waals surface area (Å²) in [6.45, 7) is 2.74. The van der Waals surface area contributed by atoms with E-state index in [1.165, 1.54) is 16.4 Å². The number of anilines is 1. The Morgan fingerprint density at radius 2 is 1.86 bits per heavy atom. The highest BCUT2D eigenvalue weighted by Gasteiger charge is 2.29. The number of sulfonamides is 1. The van der Waals surface area contributed by atoms with Crippen LogP contribution in [0.3, 0.4) is 0 Å². The number of hydrogen-bond acceptors (Lipinski definition) is 6. The lowest BCUT2D eigenvalue weighted by Crippen LogP contribution is -2.27. The highest BCUT2D eigenvalue weighted by atomic mass is 32.2. The third-order valence-corrected chi connectivity index (χ3v) is 6.41. The van der Waals surface area contributed by atoms with Gasteiger partial charge >= 0.3 is 0 Å². The molecule has 0 unspecified atom stereocenters. The van der Waals surface area contributed by atoms with Gasteiger partial charge < -0.3 is 0 Å². The molecule has 1 heterocycles. The molecule has 9 heteroatoms. The van der Waals surface area contributed by atoms with E-state index in [4.69, 9.17) is 0 Å². The molecule has 1 N–H and O–H groups in total. The van der Waals surface area contributed by atoms with Gasteiger partial charge in [-0.25, -0.2) is 8.42 Å². The molecule has 0 aromatic heterocycles. The smallest absolute Gasteiger partial charge is 0.272 e. The van der Waals surface area contributed by atoms with Crippen LogP contribution in [0.25, 0.3) is 6.08 Å². The molecule has 0 radical (unpaired) electrons. The van der Waals surface area contributed by atoms with Crippen LogP contribution in [0.1, 0.15) is 25.3 Å². The minimum atomic E-state index is -3.73. The average Bonchev–Trinajstić information content (AvgIpc) is 3.24. The second kappa shape index (κ2) is 8.97. The lowest BCUT2D eigenvalue weighted by Gasteiger charge is -2.15. The first kappa shape index (κ1) is 20.7. The molecule has 2 aromatic carbocycles. The van der Waals surface area contributed by atoms with Crippen LogP contribution < -0.4 is 5.43 Å². The zero-order valence-corrected chi connectivity index (χ0v) is 16.8. The van der Waals surface area contributed by atoms with Crippen LogP contribution in [0.4, 0.5) is 11.4 Å². The maximum Gasteiger partial charge on any atom is 0.295 e. The number of benzene rings is 2. The number of hydrazone groups is 1. The quantitative estimate of drug-likeness (QED) is 0.420. The summed E-state index contributed by atoms with van der Waals surface area (Å²) in [4.78, 5) is 10.8. The lowest BCUT2D eigenvalue weighted by molar-refractivity contribution is -0.384. The van der Waals surface area contributed by atoms with E-state index in [2.05, 4.69) is 10.5 Å². The number of allylic oxidation sites excluding steroid dienone is 1. The fourth-order valence-corrected chi connectivity index (χ4v) is 4.59. The number of nitrogens with one attached hydrogen (secondary N) is 1. The Bertz CT molecular complexity index is 1040. The third kappa shape index (κ3) is 5.07. The van der Waals surface area contributed by atoms with Crippen LogP contribution in [0.5, 0.6) is 0 Å². The SMILES string of the molecule is CC(/C=N\Nc1ccc(S(=O)(=O)N2CCCC2)cc1[N+](=O)[O-])=C\c1ccccc1. The van der Waals surface area contributed by atoms with Gasteiger partial charge in [0.25, 0.3) is 5.69 Å². The molecule has 29 heavy (non-hydrogen) atoms. The summed E-state index contributed by atoms with van der Waals surface area (Å²) in [5.41, 5.74) is 4.28. The molecular formula is C20H22N4O4S. The van der Waals surface area contributed by atoms with Crippen molar-refractivity contribution in [2.75, 3.05) is 18.5 Å². The van der Waals surface area contributed by atoms with Crippen molar-refractivity contribution in [3.05, 3.63) is 69.8 Å². The minimum absolute atomic E-state index is 0.0826. The Morgan fingerprint density at radius 3 is 2.52 bits per heavy atom. The van der Waals surface area contributed by atoms with Crippen molar-refractivity contribution in [1.29, 1.82) is 0 Å². The van der Waals surface area contributed by atoms with Crippen molar-refractivity contribution in [3.8, 4) is 0 Å². The summed E-state index contributed by atoms with van der Waals surface area (Å²) in [6, 6.07) is 13.5. The number of hydrogen-bond donors (Lipinski definition) is 1. The van der Waals surface area contributed by atoms with Crippen LogP contribution in [0.15, 0.2) is 64.1 Å². The van der Waals surface area contributed by atoms with Crippen LogP contribution in [0, 0.1) is 10.1 Å². The molecule has 0 bridgehead atoms. The molecule has 2 aromatic rings. The molecule has 0 amide bonds. The monoisotopic (exact) mass is 414 g/mol. The third-order valence-electron chi connectivity index (χ3n) is 4.52. The molecule has 0 atom stereocenters. The van der Waals surface area contributed by atoms with Gasteiger partial charge in [0, 0.05) is 19.2 Å². The highest BCUT2D eigenvalue weighted by Crippen LogP contribution is 2.30. The highest BCUT2D eigenvalue weighted by molar-refractivity contribution is 7.89. The number of rotatable bonds is 7. The molecule has 0 aliphatic carbocycles. The largest absolute Gasteiger partial charge is 0.295 e. The molecular weight excluding hydrogens is 392 g/mol. The van der Waals surface area contributed by atoms with Gasteiger partial charge in [0.1, 0.15) is 5.69 Å². The number of nitro groups is 1. The maximum absolute atomic E-state index is 12.6. The Morgan fingerprint density at radius 1 is 1.17 bits per heavy atom. The van der Waals surface area contributed by atoms with Crippen molar-refractivity contribution in [3.63, 3.8) is 0 Å². The average molecular weight is 414 g/mol. The van der Waals surface area contributed by atoms with E-state index < -0.39 is 14.9 Å². The van der Waals surface area contributed by atoms with Crippen LogP contribution >= 0.6 is 0 Å². The normalized spacial score (nSPS) is 15.7. The van der Waals surface area contributed by atoms with Gasteiger partial charge in [-0.2, -0.15) is 9.41 Å². The van der Waals surface area contributed by atoms with E-state index in [0.717, 1.165) is 30.0 Å². The predicted molar refractivity (Wildman–Crippen MR) is 113 cm³/mol. The standard InChI is InChI=1S/C20H22N4O4S/c1-16(13-17-7-3-2-4-8-17)15-21-22-19-10-9-18(14-20(19)24(25)26)29(27,28)23-11-5-6-12-23/h2-4,7-10,13-15,22H,5-6,11-12H2,1H3/b16-13+,21-15-. The maximum atomic E-state index is 12.6. The first-order chi connectivity index (χ1) is 13.9. The second-order valence-corrected chi connectivity index (χ2v) is 8.65. The van der Waals surface area contributed by atoms with E-state index >= 15 is 0 Å². The Balaban J connectivity index is 1.79. The molecule has 0 spiro atoms. The topological polar surface area (TPSA) is 105 Å². The van der Waals surface area contributed by atoms with E-state index in [9.17, 15) is 18.5 Å². The Kier molecular flexibility index (Phi) is 6.40. The summed E-state index contributed by atoms with van der Waals surface area (Å²) in [5, 5.41) is 15.5. The van der Waals surface area contributed by atoms with Crippen LogP contribution in [-0.4, -0.2) is 37.0 Å². The second-order valence-electron chi connectivity index (χ2n) is 6.72. The van der Waals surface area contributed by atoms with Crippen molar-refractivity contribution in [1.82, 2.24) is 4.31 Å².